The number of allylic oxidation sites excluding steroid dienone is 4. The molecule has 0 atom stereocenters. The summed E-state index contributed by atoms with van der Waals surface area (Å²) in [7, 11) is 0. The van der Waals surface area contributed by atoms with Gasteiger partial charge in [0.2, 0.25) is 0 Å². The SMILES string of the molecule is CCCCC/C=C/C/C1=C/CCCCCCC1. The van der Waals surface area contributed by atoms with Gasteiger partial charge in [-0.15, -0.1) is 0 Å². The van der Waals surface area contributed by atoms with Crippen molar-refractivity contribution in [3.63, 3.8) is 0 Å². The van der Waals surface area contributed by atoms with Gasteiger partial charge in [0.05, 0.1) is 0 Å². The summed E-state index contributed by atoms with van der Waals surface area (Å²) in [6.07, 6.45) is 23.7. The standard InChI is InChI=1S/C17H30/c1-2-3-4-5-8-11-14-17-15-12-9-6-7-10-13-16-17/h8,11,15H,2-7,9-10,12-14,16H2,1H3/b11-8+,17-15-. The minimum absolute atomic E-state index is 1.21. The monoisotopic (exact) mass is 234 g/mol. The fourth-order valence-corrected chi connectivity index (χ4v) is 2.49. The van der Waals surface area contributed by atoms with E-state index in [9.17, 15) is 0 Å². The Bertz CT molecular complexity index is 222. The minimum atomic E-state index is 1.21. The third-order valence-corrected chi connectivity index (χ3v) is 3.66. The van der Waals surface area contributed by atoms with Crippen molar-refractivity contribution < 1.29 is 0 Å². The van der Waals surface area contributed by atoms with Gasteiger partial charge in [0.1, 0.15) is 0 Å². The zero-order valence-corrected chi connectivity index (χ0v) is 11.7. The highest BCUT2D eigenvalue weighted by Crippen LogP contribution is 2.19. The molecule has 0 saturated heterocycles. The fourth-order valence-electron chi connectivity index (χ4n) is 2.49. The average Bonchev–Trinajstić information content (AvgIpc) is 2.47. The molecule has 0 amide bonds. The molecule has 0 heterocycles. The van der Waals surface area contributed by atoms with Gasteiger partial charge in [-0.25, -0.2) is 0 Å². The Kier molecular flexibility index (Phi) is 9.09. The lowest BCUT2D eigenvalue weighted by Crippen LogP contribution is -1.83. The van der Waals surface area contributed by atoms with Crippen molar-refractivity contribution in [3.05, 3.63) is 23.8 Å². The van der Waals surface area contributed by atoms with Crippen LogP contribution in [0.3, 0.4) is 0 Å². The topological polar surface area (TPSA) is 0 Å². The lowest BCUT2D eigenvalue weighted by molar-refractivity contribution is 0.628. The Morgan fingerprint density at radius 1 is 1.00 bits per heavy atom. The molecule has 0 radical (unpaired) electrons. The maximum atomic E-state index is 2.52. The van der Waals surface area contributed by atoms with Crippen LogP contribution in [-0.2, 0) is 0 Å². The molecule has 0 aromatic heterocycles. The molecule has 0 spiro atoms. The van der Waals surface area contributed by atoms with Gasteiger partial charge in [0.25, 0.3) is 0 Å². The van der Waals surface area contributed by atoms with Crippen LogP contribution < -0.4 is 0 Å². The third-order valence-electron chi connectivity index (χ3n) is 3.66. The largest absolute Gasteiger partial charge is 0.0882 e. The normalized spacial score (nSPS) is 21.6. The lowest BCUT2D eigenvalue weighted by atomic mass is 10.0. The van der Waals surface area contributed by atoms with E-state index in [4.69, 9.17) is 0 Å². The van der Waals surface area contributed by atoms with Gasteiger partial charge >= 0.3 is 0 Å². The van der Waals surface area contributed by atoms with Crippen molar-refractivity contribution in [2.24, 2.45) is 0 Å². The van der Waals surface area contributed by atoms with E-state index in [1.165, 1.54) is 77.0 Å². The zero-order chi connectivity index (χ0) is 12.2. The van der Waals surface area contributed by atoms with Gasteiger partial charge in [-0.3, -0.25) is 0 Å². The van der Waals surface area contributed by atoms with Crippen molar-refractivity contribution in [3.8, 4) is 0 Å². The van der Waals surface area contributed by atoms with E-state index in [0.29, 0.717) is 0 Å². The van der Waals surface area contributed by atoms with Crippen LogP contribution >= 0.6 is 0 Å². The Hall–Kier alpha value is -0.520. The van der Waals surface area contributed by atoms with Gasteiger partial charge in [0.15, 0.2) is 0 Å². The summed E-state index contributed by atoms with van der Waals surface area (Å²) in [6.45, 7) is 2.27. The van der Waals surface area contributed by atoms with E-state index in [0.717, 1.165) is 0 Å². The minimum Gasteiger partial charge on any atom is -0.0882 e. The summed E-state index contributed by atoms with van der Waals surface area (Å²) in [4.78, 5) is 0. The molecule has 0 saturated carbocycles. The van der Waals surface area contributed by atoms with Crippen LogP contribution in [0.15, 0.2) is 23.8 Å². The molecule has 98 valence electrons. The van der Waals surface area contributed by atoms with E-state index in [-0.39, 0.29) is 0 Å². The third kappa shape index (κ3) is 8.24. The summed E-state index contributed by atoms with van der Waals surface area (Å²) < 4.78 is 0. The van der Waals surface area contributed by atoms with Gasteiger partial charge in [-0.2, -0.15) is 0 Å². The molecule has 1 aliphatic rings. The lowest BCUT2D eigenvalue weighted by Gasteiger charge is -2.03. The number of hydrogen-bond acceptors (Lipinski definition) is 0. The molecule has 1 rings (SSSR count). The van der Waals surface area contributed by atoms with Crippen LogP contribution in [0, 0.1) is 0 Å². The molecule has 0 heteroatoms. The summed E-state index contributed by atoms with van der Waals surface area (Å²) in [5, 5.41) is 0. The predicted octanol–water partition coefficient (Wildman–Crippen LogP) is 6.18. The predicted molar refractivity (Wildman–Crippen MR) is 78.3 cm³/mol. The molecule has 0 bridgehead atoms. The first-order chi connectivity index (χ1) is 8.43. The first-order valence-corrected chi connectivity index (χ1v) is 7.76. The first kappa shape index (κ1) is 14.5. The highest BCUT2D eigenvalue weighted by Gasteiger charge is 1.99. The van der Waals surface area contributed by atoms with Crippen molar-refractivity contribution in [2.45, 2.75) is 84.0 Å². The molecule has 0 aromatic carbocycles. The molecule has 0 aromatic rings. The van der Waals surface area contributed by atoms with E-state index >= 15 is 0 Å². The molecule has 0 nitrogen and oxygen atoms in total. The van der Waals surface area contributed by atoms with Crippen LogP contribution in [0.1, 0.15) is 84.0 Å². The summed E-state index contributed by atoms with van der Waals surface area (Å²) in [6, 6.07) is 0. The second-order valence-electron chi connectivity index (χ2n) is 5.34. The van der Waals surface area contributed by atoms with Crippen molar-refractivity contribution >= 4 is 0 Å². The number of hydrogen-bond donors (Lipinski definition) is 0. The second kappa shape index (κ2) is 10.6. The Labute approximate surface area is 108 Å². The van der Waals surface area contributed by atoms with E-state index in [1.807, 2.05) is 0 Å². The Morgan fingerprint density at radius 3 is 2.71 bits per heavy atom. The molecular formula is C17H30. The van der Waals surface area contributed by atoms with Crippen LogP contribution in [0.2, 0.25) is 0 Å². The molecule has 0 unspecified atom stereocenters. The Balaban J connectivity index is 2.18. The summed E-state index contributed by atoms with van der Waals surface area (Å²) in [5.41, 5.74) is 1.69. The van der Waals surface area contributed by atoms with Crippen LogP contribution in [0.25, 0.3) is 0 Å². The maximum absolute atomic E-state index is 2.52. The highest BCUT2D eigenvalue weighted by molar-refractivity contribution is 5.08. The van der Waals surface area contributed by atoms with E-state index in [1.54, 1.807) is 5.57 Å². The fraction of sp³-hybridized carbons (Fsp3) is 0.765. The quantitative estimate of drug-likeness (QED) is 0.380. The molecule has 0 aliphatic heterocycles. The van der Waals surface area contributed by atoms with E-state index in [2.05, 4.69) is 25.2 Å². The van der Waals surface area contributed by atoms with Crippen molar-refractivity contribution in [1.82, 2.24) is 0 Å². The molecule has 1 aliphatic carbocycles. The van der Waals surface area contributed by atoms with Crippen LogP contribution in [0.4, 0.5) is 0 Å². The zero-order valence-electron chi connectivity index (χ0n) is 11.7. The Morgan fingerprint density at radius 2 is 1.82 bits per heavy atom. The molecular weight excluding hydrogens is 204 g/mol. The maximum Gasteiger partial charge on any atom is -0.0139 e. The van der Waals surface area contributed by atoms with Crippen LogP contribution in [0.5, 0.6) is 0 Å². The number of unbranched alkanes of at least 4 members (excludes halogenated alkanes) is 3. The summed E-state index contributed by atoms with van der Waals surface area (Å²) >= 11 is 0. The molecule has 0 fully saturated rings. The number of rotatable bonds is 6. The van der Waals surface area contributed by atoms with Gasteiger partial charge in [0, 0.05) is 0 Å². The smallest absolute Gasteiger partial charge is 0.0139 e. The highest BCUT2D eigenvalue weighted by atomic mass is 14.1. The first-order valence-electron chi connectivity index (χ1n) is 7.76. The van der Waals surface area contributed by atoms with Gasteiger partial charge < -0.3 is 0 Å². The van der Waals surface area contributed by atoms with Gasteiger partial charge in [-0.05, 0) is 44.9 Å². The van der Waals surface area contributed by atoms with Crippen LogP contribution in [-0.4, -0.2) is 0 Å². The van der Waals surface area contributed by atoms with E-state index < -0.39 is 0 Å². The molecule has 17 heavy (non-hydrogen) atoms. The second-order valence-corrected chi connectivity index (χ2v) is 5.34. The average molecular weight is 234 g/mol. The summed E-state index contributed by atoms with van der Waals surface area (Å²) in [5.74, 6) is 0. The van der Waals surface area contributed by atoms with Gasteiger partial charge in [-0.1, -0.05) is 62.8 Å². The van der Waals surface area contributed by atoms with Crippen molar-refractivity contribution in [2.75, 3.05) is 0 Å². The molecule has 0 N–H and O–H groups in total. The van der Waals surface area contributed by atoms with Crippen molar-refractivity contribution in [1.29, 1.82) is 0 Å².